The van der Waals surface area contributed by atoms with Gasteiger partial charge in [-0.3, -0.25) is 0 Å². The summed E-state index contributed by atoms with van der Waals surface area (Å²) in [5, 5.41) is 13.8. The number of pyridine rings is 1. The van der Waals surface area contributed by atoms with Gasteiger partial charge in [0.05, 0.1) is 11.9 Å². The van der Waals surface area contributed by atoms with Gasteiger partial charge in [0.1, 0.15) is 11.6 Å². The Morgan fingerprint density at radius 3 is 2.54 bits per heavy atom. The van der Waals surface area contributed by atoms with E-state index in [1.807, 2.05) is 19.2 Å². The van der Waals surface area contributed by atoms with E-state index in [2.05, 4.69) is 34.2 Å². The van der Waals surface area contributed by atoms with Crippen LogP contribution in [0.3, 0.4) is 0 Å². The van der Waals surface area contributed by atoms with E-state index in [9.17, 15) is 5.11 Å². The van der Waals surface area contributed by atoms with Crippen molar-refractivity contribution in [1.29, 1.82) is 0 Å². The number of phenols is 1. The first-order valence-electron chi connectivity index (χ1n) is 10.6. The fourth-order valence-corrected chi connectivity index (χ4v) is 5.19. The highest BCUT2D eigenvalue weighted by Crippen LogP contribution is 2.53. The summed E-state index contributed by atoms with van der Waals surface area (Å²) in [7, 11) is 0. The van der Waals surface area contributed by atoms with Crippen LogP contribution < -0.4 is 15.1 Å². The number of fused-ring (bicyclic) bond motifs is 1. The number of hydrogen-bond donors (Lipinski definition) is 2. The monoisotopic (exact) mass is 378 g/mol. The number of rotatable bonds is 2. The second-order valence-corrected chi connectivity index (χ2v) is 8.88. The zero-order valence-electron chi connectivity index (χ0n) is 17.0. The van der Waals surface area contributed by atoms with E-state index in [0.717, 1.165) is 50.5 Å². The summed E-state index contributed by atoms with van der Waals surface area (Å²) in [6, 6.07) is 6.41. The molecule has 0 unspecified atom stereocenters. The first kappa shape index (κ1) is 17.8. The van der Waals surface area contributed by atoms with Gasteiger partial charge in [-0.05, 0) is 73.4 Å². The van der Waals surface area contributed by atoms with Crippen molar-refractivity contribution in [3.63, 3.8) is 0 Å². The third-order valence-corrected chi connectivity index (χ3v) is 7.15. The zero-order chi connectivity index (χ0) is 19.3. The normalized spacial score (nSPS) is 20.8. The summed E-state index contributed by atoms with van der Waals surface area (Å²) >= 11 is 0. The van der Waals surface area contributed by atoms with Gasteiger partial charge in [0.15, 0.2) is 0 Å². The summed E-state index contributed by atoms with van der Waals surface area (Å²) in [4.78, 5) is 9.64. The molecule has 3 heterocycles. The number of aromatic nitrogens is 1. The molecule has 1 aromatic carbocycles. The molecule has 1 aliphatic carbocycles. The number of nitrogens with zero attached hydrogens (tertiary/aromatic N) is 3. The highest BCUT2D eigenvalue weighted by Gasteiger charge is 2.43. The van der Waals surface area contributed by atoms with E-state index in [1.165, 1.54) is 41.8 Å². The molecular formula is C23H30N4O. The molecule has 1 saturated heterocycles. The standard InChI is InChI=1S/C23H30N4O/c1-16-17(2)22-18(12-20(16)28)13-23(6-3-7-23)15-27(22)19-4-5-21(25-14-19)26-10-8-24-9-11-26/h4-5,12,14,24,28H,3,6-11,13,15H2,1-2H3. The van der Waals surface area contributed by atoms with Crippen LogP contribution >= 0.6 is 0 Å². The summed E-state index contributed by atoms with van der Waals surface area (Å²) < 4.78 is 0. The molecule has 0 atom stereocenters. The number of aromatic hydroxyl groups is 1. The third kappa shape index (κ3) is 2.84. The molecule has 2 fully saturated rings. The molecule has 1 saturated carbocycles. The molecule has 1 aromatic heterocycles. The Labute approximate surface area is 167 Å². The maximum absolute atomic E-state index is 10.4. The Hall–Kier alpha value is -2.27. The Morgan fingerprint density at radius 1 is 1.11 bits per heavy atom. The molecule has 2 N–H and O–H groups in total. The quantitative estimate of drug-likeness (QED) is 0.835. The first-order chi connectivity index (χ1) is 13.6. The van der Waals surface area contributed by atoms with Crippen molar-refractivity contribution >= 4 is 17.2 Å². The summed E-state index contributed by atoms with van der Waals surface area (Å²) in [6.07, 6.45) is 7.01. The fraction of sp³-hybridized carbons (Fsp3) is 0.522. The van der Waals surface area contributed by atoms with Crippen molar-refractivity contribution in [2.75, 3.05) is 42.5 Å². The molecule has 5 heteroatoms. The smallest absolute Gasteiger partial charge is 0.128 e. The molecule has 2 aromatic rings. The van der Waals surface area contributed by atoms with Gasteiger partial charge in [0.25, 0.3) is 0 Å². The lowest BCUT2D eigenvalue weighted by Crippen LogP contribution is -2.46. The van der Waals surface area contributed by atoms with Gasteiger partial charge in [-0.25, -0.2) is 4.98 Å². The van der Waals surface area contributed by atoms with Crippen molar-refractivity contribution in [3.8, 4) is 5.75 Å². The molecule has 1 spiro atoms. The number of hydrogen-bond acceptors (Lipinski definition) is 5. The Balaban J connectivity index is 1.53. The molecule has 5 rings (SSSR count). The van der Waals surface area contributed by atoms with Crippen LogP contribution in [0.2, 0.25) is 0 Å². The minimum Gasteiger partial charge on any atom is -0.508 e. The Bertz CT molecular complexity index is 882. The van der Waals surface area contributed by atoms with Crippen molar-refractivity contribution < 1.29 is 5.11 Å². The highest BCUT2D eigenvalue weighted by atomic mass is 16.3. The van der Waals surface area contributed by atoms with Crippen LogP contribution in [0.4, 0.5) is 17.2 Å². The molecule has 28 heavy (non-hydrogen) atoms. The fourth-order valence-electron chi connectivity index (χ4n) is 5.19. The van der Waals surface area contributed by atoms with Crippen LogP contribution in [0, 0.1) is 19.3 Å². The largest absolute Gasteiger partial charge is 0.508 e. The second-order valence-electron chi connectivity index (χ2n) is 8.88. The lowest BCUT2D eigenvalue weighted by Gasteiger charge is -2.50. The lowest BCUT2D eigenvalue weighted by atomic mass is 9.63. The van der Waals surface area contributed by atoms with Gasteiger partial charge >= 0.3 is 0 Å². The molecular weight excluding hydrogens is 348 g/mol. The Kier molecular flexibility index (Phi) is 4.23. The number of nitrogens with one attached hydrogen (secondary N) is 1. The van der Waals surface area contributed by atoms with Crippen molar-refractivity contribution in [3.05, 3.63) is 41.1 Å². The van der Waals surface area contributed by atoms with Crippen molar-refractivity contribution in [2.24, 2.45) is 5.41 Å². The van der Waals surface area contributed by atoms with E-state index >= 15 is 0 Å². The molecule has 0 amide bonds. The van der Waals surface area contributed by atoms with Crippen LogP contribution in [-0.2, 0) is 6.42 Å². The number of anilines is 3. The molecule has 5 nitrogen and oxygen atoms in total. The second kappa shape index (κ2) is 6.66. The van der Waals surface area contributed by atoms with Crippen LogP contribution in [0.25, 0.3) is 0 Å². The minimum atomic E-state index is 0.359. The van der Waals surface area contributed by atoms with Gasteiger partial charge in [0.2, 0.25) is 0 Å². The topological polar surface area (TPSA) is 51.6 Å². The zero-order valence-corrected chi connectivity index (χ0v) is 17.0. The molecule has 2 aliphatic heterocycles. The number of piperazine rings is 1. The van der Waals surface area contributed by atoms with Gasteiger partial charge in [0, 0.05) is 38.4 Å². The van der Waals surface area contributed by atoms with Crippen molar-refractivity contribution in [1.82, 2.24) is 10.3 Å². The average molecular weight is 379 g/mol. The van der Waals surface area contributed by atoms with Crippen LogP contribution in [0.1, 0.15) is 36.0 Å². The predicted octanol–water partition coefficient (Wildman–Crippen LogP) is 3.68. The number of phenolic OH excluding ortho intramolecular Hbond substituents is 1. The molecule has 148 valence electrons. The van der Waals surface area contributed by atoms with E-state index in [-0.39, 0.29) is 0 Å². The van der Waals surface area contributed by atoms with Gasteiger partial charge < -0.3 is 20.2 Å². The maximum Gasteiger partial charge on any atom is 0.128 e. The maximum atomic E-state index is 10.4. The highest BCUT2D eigenvalue weighted by molar-refractivity contribution is 5.74. The van der Waals surface area contributed by atoms with Gasteiger partial charge in [-0.2, -0.15) is 0 Å². The predicted molar refractivity (Wildman–Crippen MR) is 114 cm³/mol. The van der Waals surface area contributed by atoms with E-state index in [0.29, 0.717) is 11.2 Å². The summed E-state index contributed by atoms with van der Waals surface area (Å²) in [5.74, 6) is 1.50. The average Bonchev–Trinajstić information content (AvgIpc) is 2.71. The van der Waals surface area contributed by atoms with Gasteiger partial charge in [-0.15, -0.1) is 0 Å². The molecule has 0 radical (unpaired) electrons. The lowest BCUT2D eigenvalue weighted by molar-refractivity contribution is 0.138. The summed E-state index contributed by atoms with van der Waals surface area (Å²) in [6.45, 7) is 9.28. The first-order valence-corrected chi connectivity index (χ1v) is 10.6. The van der Waals surface area contributed by atoms with Crippen molar-refractivity contribution in [2.45, 2.75) is 39.5 Å². The Morgan fingerprint density at radius 2 is 1.89 bits per heavy atom. The summed E-state index contributed by atoms with van der Waals surface area (Å²) in [5.41, 5.74) is 6.27. The molecule has 0 bridgehead atoms. The van der Waals surface area contributed by atoms with E-state index in [4.69, 9.17) is 4.98 Å². The third-order valence-electron chi connectivity index (χ3n) is 7.15. The van der Waals surface area contributed by atoms with E-state index in [1.54, 1.807) is 0 Å². The number of benzene rings is 1. The molecule has 3 aliphatic rings. The SMILES string of the molecule is Cc1c(O)cc2c(c1C)N(c1ccc(N3CCNCC3)nc1)CC1(CCC1)C2. The van der Waals surface area contributed by atoms with E-state index < -0.39 is 0 Å². The van der Waals surface area contributed by atoms with Crippen LogP contribution in [-0.4, -0.2) is 42.8 Å². The minimum absolute atomic E-state index is 0.359. The van der Waals surface area contributed by atoms with Crippen LogP contribution in [0.15, 0.2) is 24.4 Å². The van der Waals surface area contributed by atoms with Gasteiger partial charge in [-0.1, -0.05) is 6.42 Å². The van der Waals surface area contributed by atoms with Crippen LogP contribution in [0.5, 0.6) is 5.75 Å².